The van der Waals surface area contributed by atoms with E-state index in [0.717, 1.165) is 17.7 Å². The maximum Gasteiger partial charge on any atom is 0.243 e. The van der Waals surface area contributed by atoms with Gasteiger partial charge in [-0.2, -0.15) is 4.31 Å². The summed E-state index contributed by atoms with van der Waals surface area (Å²) >= 11 is 1.40. The van der Waals surface area contributed by atoms with Crippen molar-refractivity contribution < 1.29 is 18.0 Å². The Labute approximate surface area is 156 Å². The van der Waals surface area contributed by atoms with E-state index in [1.54, 1.807) is 12.1 Å². The van der Waals surface area contributed by atoms with E-state index in [4.69, 9.17) is 0 Å². The number of anilines is 1. The van der Waals surface area contributed by atoms with Crippen LogP contribution >= 0.6 is 11.8 Å². The number of rotatable bonds is 4. The molecule has 0 radical (unpaired) electrons. The normalized spacial score (nSPS) is 21.8. The Morgan fingerprint density at radius 2 is 1.92 bits per heavy atom. The lowest BCUT2D eigenvalue weighted by Crippen LogP contribution is -2.43. The average Bonchev–Trinajstić information content (AvgIpc) is 3.45. The number of carbonyl (C=O) groups excluding carboxylic acids is 2. The van der Waals surface area contributed by atoms with Gasteiger partial charge < -0.3 is 10.6 Å². The number of nitrogens with zero attached hydrogens (tertiary/aromatic N) is 1. The number of nitrogens with one attached hydrogen (secondary N) is 2. The van der Waals surface area contributed by atoms with Crippen LogP contribution in [-0.4, -0.2) is 49.4 Å². The van der Waals surface area contributed by atoms with E-state index in [0.29, 0.717) is 43.4 Å². The molecule has 3 aliphatic rings. The molecule has 140 valence electrons. The van der Waals surface area contributed by atoms with Crippen LogP contribution in [-0.2, 0) is 19.6 Å². The molecule has 2 amide bonds. The molecule has 1 aliphatic carbocycles. The second-order valence-electron chi connectivity index (χ2n) is 6.96. The molecule has 7 nitrogen and oxygen atoms in total. The van der Waals surface area contributed by atoms with Crippen molar-refractivity contribution >= 4 is 39.3 Å². The van der Waals surface area contributed by atoms with Gasteiger partial charge in [0, 0.05) is 29.9 Å². The van der Waals surface area contributed by atoms with Gasteiger partial charge in [-0.25, -0.2) is 8.42 Å². The molecule has 0 atom stereocenters. The van der Waals surface area contributed by atoms with E-state index in [1.165, 1.54) is 22.1 Å². The molecule has 2 aliphatic heterocycles. The van der Waals surface area contributed by atoms with Crippen LogP contribution in [0.4, 0.5) is 5.69 Å². The molecule has 26 heavy (non-hydrogen) atoms. The molecule has 1 saturated carbocycles. The molecule has 0 bridgehead atoms. The standard InChI is InChI=1S/C17H21N3O4S2/c21-16-10-25-15-4-3-13(9-14(15)19-16)26(23,24)20-7-5-11(6-8-20)17(22)18-12-1-2-12/h3-4,9,11-12H,1-2,5-8,10H2,(H,18,22)(H,19,21). The molecule has 1 aromatic carbocycles. The maximum absolute atomic E-state index is 12.9. The summed E-state index contributed by atoms with van der Waals surface area (Å²) in [6, 6.07) is 5.18. The molecule has 2 heterocycles. The Morgan fingerprint density at radius 3 is 2.62 bits per heavy atom. The van der Waals surface area contributed by atoms with Gasteiger partial charge in [-0.3, -0.25) is 9.59 Å². The zero-order chi connectivity index (χ0) is 18.3. The summed E-state index contributed by atoms with van der Waals surface area (Å²) in [5, 5.41) is 5.72. The summed E-state index contributed by atoms with van der Waals surface area (Å²) in [6.07, 6.45) is 3.17. The number of fused-ring (bicyclic) bond motifs is 1. The van der Waals surface area contributed by atoms with E-state index >= 15 is 0 Å². The lowest BCUT2D eigenvalue weighted by atomic mass is 9.97. The van der Waals surface area contributed by atoms with Gasteiger partial charge >= 0.3 is 0 Å². The molecule has 0 unspecified atom stereocenters. The number of amides is 2. The van der Waals surface area contributed by atoms with Gasteiger partial charge in [0.15, 0.2) is 0 Å². The first-order chi connectivity index (χ1) is 12.4. The lowest BCUT2D eigenvalue weighted by Gasteiger charge is -2.31. The van der Waals surface area contributed by atoms with Crippen molar-refractivity contribution in [2.24, 2.45) is 5.92 Å². The molecule has 9 heteroatoms. The first-order valence-electron chi connectivity index (χ1n) is 8.81. The summed E-state index contributed by atoms with van der Waals surface area (Å²) in [5.41, 5.74) is 0.547. The summed E-state index contributed by atoms with van der Waals surface area (Å²) in [4.78, 5) is 24.7. The minimum atomic E-state index is -3.63. The summed E-state index contributed by atoms with van der Waals surface area (Å²) in [6.45, 7) is 0.673. The van der Waals surface area contributed by atoms with Crippen molar-refractivity contribution in [2.45, 2.75) is 41.5 Å². The van der Waals surface area contributed by atoms with E-state index < -0.39 is 10.0 Å². The highest BCUT2D eigenvalue weighted by Gasteiger charge is 2.34. The predicted molar refractivity (Wildman–Crippen MR) is 98.4 cm³/mol. The van der Waals surface area contributed by atoms with Crippen LogP contribution in [0.25, 0.3) is 0 Å². The SMILES string of the molecule is O=C1CSc2ccc(S(=O)(=O)N3CCC(C(=O)NC4CC4)CC3)cc2N1. The molecule has 0 spiro atoms. The Morgan fingerprint density at radius 1 is 1.19 bits per heavy atom. The first-order valence-corrected chi connectivity index (χ1v) is 11.2. The third-order valence-corrected chi connectivity index (χ3v) is 7.94. The number of hydrogen-bond donors (Lipinski definition) is 2. The minimum absolute atomic E-state index is 0.0538. The smallest absolute Gasteiger partial charge is 0.243 e. The van der Waals surface area contributed by atoms with Crippen LogP contribution < -0.4 is 10.6 Å². The number of sulfonamides is 1. The second kappa shape index (κ2) is 6.86. The van der Waals surface area contributed by atoms with Gasteiger partial charge in [-0.05, 0) is 43.9 Å². The molecule has 2 N–H and O–H groups in total. The molecule has 0 aromatic heterocycles. The predicted octanol–water partition coefficient (Wildman–Crippen LogP) is 1.41. The third kappa shape index (κ3) is 3.60. The Kier molecular flexibility index (Phi) is 4.70. The number of carbonyl (C=O) groups is 2. The molecule has 1 aromatic rings. The van der Waals surface area contributed by atoms with Crippen molar-refractivity contribution in [2.75, 3.05) is 24.2 Å². The third-order valence-electron chi connectivity index (χ3n) is 4.97. The first kappa shape index (κ1) is 17.8. The molecule has 4 rings (SSSR count). The second-order valence-corrected chi connectivity index (χ2v) is 9.91. The van der Waals surface area contributed by atoms with Crippen LogP contribution in [0.3, 0.4) is 0 Å². The topological polar surface area (TPSA) is 95.6 Å². The van der Waals surface area contributed by atoms with Crippen LogP contribution in [0.1, 0.15) is 25.7 Å². The highest BCUT2D eigenvalue weighted by atomic mass is 32.2. The van der Waals surface area contributed by atoms with Crippen molar-refractivity contribution in [1.82, 2.24) is 9.62 Å². The largest absolute Gasteiger partial charge is 0.353 e. The fraction of sp³-hybridized carbons (Fsp3) is 0.529. The van der Waals surface area contributed by atoms with Crippen molar-refractivity contribution in [1.29, 1.82) is 0 Å². The van der Waals surface area contributed by atoms with Crippen LogP contribution in [0.15, 0.2) is 28.0 Å². The summed E-state index contributed by atoms with van der Waals surface area (Å²) < 4.78 is 27.3. The molecular weight excluding hydrogens is 374 g/mol. The number of benzene rings is 1. The van der Waals surface area contributed by atoms with Gasteiger partial charge in [0.25, 0.3) is 0 Å². The van der Waals surface area contributed by atoms with Crippen LogP contribution in [0, 0.1) is 5.92 Å². The highest BCUT2D eigenvalue weighted by Crippen LogP contribution is 2.34. The molecule has 1 saturated heterocycles. The van der Waals surface area contributed by atoms with Crippen molar-refractivity contribution in [3.63, 3.8) is 0 Å². The van der Waals surface area contributed by atoms with E-state index in [1.807, 2.05) is 0 Å². The van der Waals surface area contributed by atoms with Crippen LogP contribution in [0.2, 0.25) is 0 Å². The van der Waals surface area contributed by atoms with Crippen molar-refractivity contribution in [3.8, 4) is 0 Å². The Bertz CT molecular complexity index is 844. The van der Waals surface area contributed by atoms with Gasteiger partial charge in [-0.15, -0.1) is 11.8 Å². The van der Waals surface area contributed by atoms with E-state index in [9.17, 15) is 18.0 Å². The molecule has 2 fully saturated rings. The van der Waals surface area contributed by atoms with Gasteiger partial charge in [0.05, 0.1) is 16.3 Å². The Hall–Kier alpha value is -1.58. The monoisotopic (exact) mass is 395 g/mol. The minimum Gasteiger partial charge on any atom is -0.353 e. The fourth-order valence-corrected chi connectivity index (χ4v) is 5.56. The van der Waals surface area contributed by atoms with Gasteiger partial charge in [-0.1, -0.05) is 0 Å². The van der Waals surface area contributed by atoms with Gasteiger partial charge in [0.1, 0.15) is 0 Å². The maximum atomic E-state index is 12.9. The van der Waals surface area contributed by atoms with E-state index in [-0.39, 0.29) is 22.6 Å². The van der Waals surface area contributed by atoms with Crippen LogP contribution in [0.5, 0.6) is 0 Å². The van der Waals surface area contributed by atoms with E-state index in [2.05, 4.69) is 10.6 Å². The highest BCUT2D eigenvalue weighted by molar-refractivity contribution is 8.00. The fourth-order valence-electron chi connectivity index (χ4n) is 3.28. The zero-order valence-corrected chi connectivity index (χ0v) is 15.9. The molecular formula is C17H21N3O4S2. The Balaban J connectivity index is 1.45. The van der Waals surface area contributed by atoms with Crippen molar-refractivity contribution in [3.05, 3.63) is 18.2 Å². The average molecular weight is 396 g/mol. The van der Waals surface area contributed by atoms with Gasteiger partial charge in [0.2, 0.25) is 21.8 Å². The number of piperidine rings is 1. The summed E-state index contributed by atoms with van der Waals surface area (Å²) in [5.74, 6) is 0.161. The number of hydrogen-bond acceptors (Lipinski definition) is 5. The quantitative estimate of drug-likeness (QED) is 0.804. The lowest BCUT2D eigenvalue weighted by molar-refractivity contribution is -0.126. The summed E-state index contributed by atoms with van der Waals surface area (Å²) in [7, 11) is -3.63. The number of thioether (sulfide) groups is 1. The zero-order valence-electron chi connectivity index (χ0n) is 14.2.